The molecule has 2 heterocycles. The summed E-state index contributed by atoms with van der Waals surface area (Å²) in [5, 5.41) is 1.89. The summed E-state index contributed by atoms with van der Waals surface area (Å²) in [5.41, 5.74) is 3.56. The summed E-state index contributed by atoms with van der Waals surface area (Å²) in [4.78, 5) is 18.2. The molecule has 0 radical (unpaired) electrons. The molecule has 0 saturated heterocycles. The number of hydrogen-bond donors (Lipinski definition) is 0. The lowest BCUT2D eigenvalue weighted by atomic mass is 10.1. The molecule has 3 rings (SSSR count). The van der Waals surface area contributed by atoms with Gasteiger partial charge in [-0.1, -0.05) is 23.5 Å². The fourth-order valence-corrected chi connectivity index (χ4v) is 4.56. The van der Waals surface area contributed by atoms with Gasteiger partial charge in [-0.25, -0.2) is 0 Å². The van der Waals surface area contributed by atoms with Crippen LogP contribution in [0.5, 0.6) is 0 Å². The first-order valence-corrected chi connectivity index (χ1v) is 9.60. The van der Waals surface area contributed by atoms with Crippen LogP contribution in [0.1, 0.15) is 27.7 Å². The Bertz CT molecular complexity index is 921. The average molecular weight is 361 g/mol. The summed E-state index contributed by atoms with van der Waals surface area (Å²) < 4.78 is 8.77. The smallest absolute Gasteiger partial charge is 0.289 e. The van der Waals surface area contributed by atoms with E-state index in [4.69, 9.17) is 4.74 Å². The van der Waals surface area contributed by atoms with Crippen molar-refractivity contribution >= 4 is 38.8 Å². The Balaban J connectivity index is 2.13. The van der Waals surface area contributed by atoms with E-state index in [9.17, 15) is 4.79 Å². The largest absolute Gasteiger partial charge is 0.380 e. The van der Waals surface area contributed by atoms with Gasteiger partial charge < -0.3 is 9.30 Å². The highest BCUT2D eigenvalue weighted by atomic mass is 32.1. The van der Waals surface area contributed by atoms with E-state index in [1.54, 1.807) is 11.3 Å². The van der Waals surface area contributed by atoms with E-state index in [0.29, 0.717) is 24.6 Å². The number of aromatic nitrogens is 1. The molecule has 4 nitrogen and oxygen atoms in total. The third kappa shape index (κ3) is 3.50. The maximum atomic E-state index is 12.4. The van der Waals surface area contributed by atoms with Crippen LogP contribution in [0.15, 0.2) is 34.6 Å². The predicted octanol–water partition coefficient (Wildman–Crippen LogP) is 4.16. The van der Waals surface area contributed by atoms with Gasteiger partial charge in [0.15, 0.2) is 4.80 Å². The summed E-state index contributed by atoms with van der Waals surface area (Å²) in [5.74, 6) is -0.184. The van der Waals surface area contributed by atoms with E-state index < -0.39 is 0 Å². The number of amides is 1. The lowest BCUT2D eigenvalue weighted by molar-refractivity contribution is 0.100. The zero-order valence-corrected chi connectivity index (χ0v) is 15.7. The van der Waals surface area contributed by atoms with Crippen molar-refractivity contribution in [1.82, 2.24) is 4.57 Å². The molecule has 0 spiro atoms. The van der Waals surface area contributed by atoms with Crippen molar-refractivity contribution in [1.29, 1.82) is 0 Å². The molecule has 0 aliphatic heterocycles. The van der Waals surface area contributed by atoms with Crippen LogP contribution >= 0.6 is 22.7 Å². The van der Waals surface area contributed by atoms with Crippen LogP contribution in [0.2, 0.25) is 0 Å². The van der Waals surface area contributed by atoms with Crippen LogP contribution in [0.25, 0.3) is 10.2 Å². The van der Waals surface area contributed by atoms with Gasteiger partial charge in [-0.3, -0.25) is 4.79 Å². The van der Waals surface area contributed by atoms with Gasteiger partial charge in [0.25, 0.3) is 5.91 Å². The topological polar surface area (TPSA) is 43.6 Å². The molecule has 0 saturated carbocycles. The van der Waals surface area contributed by atoms with Crippen LogP contribution in [-0.4, -0.2) is 23.7 Å². The fraction of sp³-hybridized carbons (Fsp3) is 0.333. The second-order valence-corrected chi connectivity index (χ2v) is 7.51. The number of hydrogen-bond acceptors (Lipinski definition) is 4. The minimum Gasteiger partial charge on any atom is -0.380 e. The quantitative estimate of drug-likeness (QED) is 0.641. The fourth-order valence-electron chi connectivity index (χ4n) is 2.73. The van der Waals surface area contributed by atoms with Crippen LogP contribution in [0, 0.1) is 13.8 Å². The van der Waals surface area contributed by atoms with Gasteiger partial charge in [-0.2, -0.15) is 4.99 Å². The minimum absolute atomic E-state index is 0.184. The summed E-state index contributed by atoms with van der Waals surface area (Å²) >= 11 is 2.98. The molecule has 1 amide bonds. The average Bonchev–Trinajstić information content (AvgIpc) is 3.16. The Labute approximate surface area is 149 Å². The summed E-state index contributed by atoms with van der Waals surface area (Å²) in [6.07, 6.45) is 0. The zero-order chi connectivity index (χ0) is 17.1. The van der Waals surface area contributed by atoms with Crippen molar-refractivity contribution in [3.63, 3.8) is 0 Å². The molecule has 24 heavy (non-hydrogen) atoms. The standard InChI is InChI=1S/C18H20N2O2S2/c1-4-22-8-7-20-16-13(3)10-12(2)11-15(16)24-18(20)19-17(21)14-6-5-9-23-14/h5-6,9-11H,4,7-8H2,1-3H3. The molecule has 0 fully saturated rings. The number of thiophene rings is 1. The first-order chi connectivity index (χ1) is 11.6. The normalized spacial score (nSPS) is 12.2. The molecular weight excluding hydrogens is 340 g/mol. The number of ether oxygens (including phenoxy) is 1. The maximum absolute atomic E-state index is 12.4. The number of carbonyl (C=O) groups excluding carboxylic acids is 1. The Morgan fingerprint density at radius 2 is 2.17 bits per heavy atom. The Morgan fingerprint density at radius 1 is 1.33 bits per heavy atom. The zero-order valence-electron chi connectivity index (χ0n) is 14.0. The molecule has 2 aromatic heterocycles. The minimum atomic E-state index is -0.184. The van der Waals surface area contributed by atoms with E-state index in [-0.39, 0.29) is 5.91 Å². The molecule has 0 aliphatic carbocycles. The van der Waals surface area contributed by atoms with Crippen molar-refractivity contribution in [2.45, 2.75) is 27.3 Å². The summed E-state index contributed by atoms with van der Waals surface area (Å²) in [6.45, 7) is 8.15. The first-order valence-electron chi connectivity index (χ1n) is 7.91. The first kappa shape index (κ1) is 17.1. The second-order valence-electron chi connectivity index (χ2n) is 5.56. The van der Waals surface area contributed by atoms with E-state index in [1.807, 2.05) is 24.4 Å². The van der Waals surface area contributed by atoms with Crippen molar-refractivity contribution in [3.8, 4) is 0 Å². The van der Waals surface area contributed by atoms with Crippen LogP contribution in [-0.2, 0) is 11.3 Å². The molecule has 126 valence electrons. The highest BCUT2D eigenvalue weighted by Gasteiger charge is 2.12. The summed E-state index contributed by atoms with van der Waals surface area (Å²) in [6, 6.07) is 7.99. The van der Waals surface area contributed by atoms with Gasteiger partial charge in [0.05, 0.1) is 21.7 Å². The van der Waals surface area contributed by atoms with E-state index in [1.165, 1.54) is 22.5 Å². The van der Waals surface area contributed by atoms with E-state index in [2.05, 4.69) is 35.5 Å². The number of carbonyl (C=O) groups is 1. The summed E-state index contributed by atoms with van der Waals surface area (Å²) in [7, 11) is 0. The predicted molar refractivity (Wildman–Crippen MR) is 100.0 cm³/mol. The Kier molecular flexibility index (Phi) is 5.28. The second kappa shape index (κ2) is 7.42. The molecule has 0 atom stereocenters. The van der Waals surface area contributed by atoms with Crippen LogP contribution in [0.3, 0.4) is 0 Å². The molecule has 0 aliphatic rings. The van der Waals surface area contributed by atoms with Crippen molar-refractivity contribution < 1.29 is 9.53 Å². The highest BCUT2D eigenvalue weighted by molar-refractivity contribution is 7.16. The van der Waals surface area contributed by atoms with Gasteiger partial charge in [0.2, 0.25) is 0 Å². The Morgan fingerprint density at radius 3 is 2.88 bits per heavy atom. The van der Waals surface area contributed by atoms with Crippen LogP contribution in [0.4, 0.5) is 0 Å². The lowest BCUT2D eigenvalue weighted by Gasteiger charge is -2.08. The van der Waals surface area contributed by atoms with Gasteiger partial charge in [0, 0.05) is 13.2 Å². The van der Waals surface area contributed by atoms with Crippen molar-refractivity contribution in [2.75, 3.05) is 13.2 Å². The highest BCUT2D eigenvalue weighted by Crippen LogP contribution is 2.23. The monoisotopic (exact) mass is 360 g/mol. The lowest BCUT2D eigenvalue weighted by Crippen LogP contribution is -2.20. The molecule has 0 unspecified atom stereocenters. The third-order valence-electron chi connectivity index (χ3n) is 3.70. The molecule has 3 aromatic rings. The number of nitrogens with zero attached hydrogens (tertiary/aromatic N) is 2. The number of fused-ring (bicyclic) bond motifs is 1. The Hall–Kier alpha value is -1.76. The van der Waals surface area contributed by atoms with Gasteiger partial charge in [-0.05, 0) is 49.4 Å². The molecule has 1 aromatic carbocycles. The van der Waals surface area contributed by atoms with E-state index in [0.717, 1.165) is 15.0 Å². The van der Waals surface area contributed by atoms with Gasteiger partial charge in [0.1, 0.15) is 0 Å². The van der Waals surface area contributed by atoms with Gasteiger partial charge in [-0.15, -0.1) is 11.3 Å². The third-order valence-corrected chi connectivity index (χ3v) is 5.59. The van der Waals surface area contributed by atoms with Crippen molar-refractivity contribution in [3.05, 3.63) is 50.5 Å². The molecule has 0 N–H and O–H groups in total. The van der Waals surface area contributed by atoms with Gasteiger partial charge >= 0.3 is 0 Å². The number of benzene rings is 1. The SMILES string of the molecule is CCOCCn1c(=NC(=O)c2cccs2)sc2cc(C)cc(C)c21. The molecular formula is C18H20N2O2S2. The number of thiazole rings is 1. The molecule has 6 heteroatoms. The maximum Gasteiger partial charge on any atom is 0.289 e. The van der Waals surface area contributed by atoms with E-state index >= 15 is 0 Å². The number of aryl methyl sites for hydroxylation is 2. The number of rotatable bonds is 5. The van der Waals surface area contributed by atoms with Crippen LogP contribution < -0.4 is 4.80 Å². The molecule has 0 bridgehead atoms. The van der Waals surface area contributed by atoms with Crippen molar-refractivity contribution in [2.24, 2.45) is 4.99 Å².